The maximum absolute atomic E-state index is 12.6. The number of carboxylic acids is 2. The quantitative estimate of drug-likeness (QED) is 0.0373. The molecule has 362 valence electrons. The van der Waals surface area contributed by atoms with Crippen LogP contribution in [0.4, 0.5) is 0 Å². The summed E-state index contributed by atoms with van der Waals surface area (Å²) in [6.45, 7) is 1.18. The van der Waals surface area contributed by atoms with Crippen LogP contribution in [-0.4, -0.2) is 53.1 Å². The van der Waals surface area contributed by atoms with Crippen LogP contribution in [0.3, 0.4) is 0 Å². The van der Waals surface area contributed by atoms with Crippen molar-refractivity contribution in [2.24, 2.45) is 0 Å². The average molecular weight is 892 g/mol. The summed E-state index contributed by atoms with van der Waals surface area (Å²) in [5.41, 5.74) is 2.93. The molecular weight excluding hydrogens is 803 g/mol. The van der Waals surface area contributed by atoms with Crippen LogP contribution in [0.1, 0.15) is 222 Å². The molecule has 0 unspecified atom stereocenters. The molecule has 0 aromatic heterocycles. The molecule has 0 aliphatic heterocycles. The van der Waals surface area contributed by atoms with E-state index in [-0.39, 0.29) is 25.2 Å². The van der Waals surface area contributed by atoms with Gasteiger partial charge in [-0.3, -0.25) is 19.2 Å². The van der Waals surface area contributed by atoms with Gasteiger partial charge in [0.2, 0.25) is 0 Å². The van der Waals surface area contributed by atoms with E-state index in [9.17, 15) is 19.2 Å². The highest BCUT2D eigenvalue weighted by Crippen LogP contribution is 2.17. The fourth-order valence-electron chi connectivity index (χ4n) is 7.56. The molecule has 0 saturated carbocycles. The summed E-state index contributed by atoms with van der Waals surface area (Å²) in [7, 11) is 4.04. The van der Waals surface area contributed by atoms with Crippen molar-refractivity contribution in [3.8, 4) is 0 Å². The van der Waals surface area contributed by atoms with E-state index in [1.54, 1.807) is 0 Å². The zero-order valence-electron chi connectivity index (χ0n) is 40.4. The molecule has 0 fully saturated rings. The van der Waals surface area contributed by atoms with E-state index in [2.05, 4.69) is 65.6 Å². The maximum atomic E-state index is 12.6. The second-order valence-corrected chi connectivity index (χ2v) is 17.8. The second kappa shape index (κ2) is 42.9. The predicted octanol–water partition coefficient (Wildman–Crippen LogP) is 14.7. The Morgan fingerprint density at radius 2 is 0.688 bits per heavy atom. The Bertz CT molecular complexity index is 1360. The number of carbonyl (C=O) groups is 4. The third kappa shape index (κ3) is 40.8. The van der Waals surface area contributed by atoms with Gasteiger partial charge in [-0.15, -0.1) is 0 Å². The molecule has 0 spiro atoms. The van der Waals surface area contributed by atoms with Gasteiger partial charge >= 0.3 is 23.9 Å². The Morgan fingerprint density at radius 3 is 1.00 bits per heavy atom. The van der Waals surface area contributed by atoms with Crippen molar-refractivity contribution in [2.75, 3.05) is 14.1 Å². The summed E-state index contributed by atoms with van der Waals surface area (Å²) in [6.07, 6.45) is 49.7. The summed E-state index contributed by atoms with van der Waals surface area (Å²) in [5.74, 6) is -1.72. The number of rotatable bonds is 44. The normalized spacial score (nSPS) is 11.9. The SMILES string of the molecule is CN(C)Cc1cc(COC(=O)CCCCCCCCC=CCC=CCCCCCCCC(=O)O)cc(COC(=O)CCCCCCCCC=CCC=CCCCCCCCC(=O)O)c1. The number of hydrogen-bond acceptors (Lipinski definition) is 7. The monoisotopic (exact) mass is 892 g/mol. The molecule has 64 heavy (non-hydrogen) atoms. The molecule has 0 aliphatic carbocycles. The van der Waals surface area contributed by atoms with Gasteiger partial charge in [0.15, 0.2) is 0 Å². The van der Waals surface area contributed by atoms with Gasteiger partial charge in [0.05, 0.1) is 0 Å². The first-order chi connectivity index (χ1) is 31.2. The van der Waals surface area contributed by atoms with Crippen LogP contribution in [0.2, 0.25) is 0 Å². The number of benzene rings is 1. The summed E-state index contributed by atoms with van der Waals surface area (Å²) >= 11 is 0. The van der Waals surface area contributed by atoms with Crippen molar-refractivity contribution in [3.63, 3.8) is 0 Å². The third-order valence-corrected chi connectivity index (χ3v) is 11.1. The lowest BCUT2D eigenvalue weighted by Gasteiger charge is -2.14. The molecule has 0 amide bonds. The van der Waals surface area contributed by atoms with Gasteiger partial charge in [0, 0.05) is 32.2 Å². The molecule has 1 aromatic carbocycles. The van der Waals surface area contributed by atoms with Crippen molar-refractivity contribution in [2.45, 2.75) is 225 Å². The number of aliphatic carboxylic acids is 2. The summed E-state index contributed by atoms with van der Waals surface area (Å²) in [5, 5.41) is 17.3. The van der Waals surface area contributed by atoms with Crippen LogP contribution in [0.15, 0.2) is 66.8 Å². The number of hydrogen-bond donors (Lipinski definition) is 2. The van der Waals surface area contributed by atoms with Crippen molar-refractivity contribution >= 4 is 23.9 Å². The third-order valence-electron chi connectivity index (χ3n) is 11.1. The molecule has 9 nitrogen and oxygen atoms in total. The van der Waals surface area contributed by atoms with E-state index in [4.69, 9.17) is 19.7 Å². The zero-order chi connectivity index (χ0) is 46.6. The molecule has 0 heterocycles. The van der Waals surface area contributed by atoms with E-state index in [0.29, 0.717) is 25.7 Å². The fraction of sp³-hybridized carbons (Fsp3) is 0.673. The molecule has 0 aliphatic rings. The van der Waals surface area contributed by atoms with E-state index in [1.807, 2.05) is 20.2 Å². The van der Waals surface area contributed by atoms with Crippen LogP contribution < -0.4 is 0 Å². The highest BCUT2D eigenvalue weighted by Gasteiger charge is 2.10. The Hall–Kier alpha value is -3.98. The number of allylic oxidation sites excluding steroid dienone is 8. The van der Waals surface area contributed by atoms with Crippen molar-refractivity contribution in [3.05, 3.63) is 83.5 Å². The van der Waals surface area contributed by atoms with Gasteiger partial charge in [-0.05, 0) is 127 Å². The molecule has 0 atom stereocenters. The van der Waals surface area contributed by atoms with E-state index >= 15 is 0 Å². The van der Waals surface area contributed by atoms with E-state index < -0.39 is 11.9 Å². The molecular formula is C55H89NO8. The van der Waals surface area contributed by atoms with E-state index in [1.165, 1.54) is 64.2 Å². The largest absolute Gasteiger partial charge is 0.481 e. The minimum Gasteiger partial charge on any atom is -0.481 e. The Balaban J connectivity index is 2.11. The predicted molar refractivity (Wildman–Crippen MR) is 263 cm³/mol. The zero-order valence-corrected chi connectivity index (χ0v) is 40.4. The minimum absolute atomic E-state index is 0.165. The Labute approximate surface area is 389 Å². The van der Waals surface area contributed by atoms with Crippen LogP contribution >= 0.6 is 0 Å². The number of ether oxygens (including phenoxy) is 2. The first-order valence-electron chi connectivity index (χ1n) is 25.3. The topological polar surface area (TPSA) is 130 Å². The van der Waals surface area contributed by atoms with Gasteiger partial charge in [-0.25, -0.2) is 0 Å². The number of carboxylic acid groups (broad SMARTS) is 2. The molecule has 1 rings (SSSR count). The summed E-state index contributed by atoms with van der Waals surface area (Å²) < 4.78 is 11.3. The van der Waals surface area contributed by atoms with Crippen molar-refractivity contribution in [1.82, 2.24) is 4.90 Å². The van der Waals surface area contributed by atoms with Gasteiger partial charge < -0.3 is 24.6 Å². The lowest BCUT2D eigenvalue weighted by atomic mass is 10.1. The number of unbranched alkanes of at least 4 members (excludes halogenated alkanes) is 22. The minimum atomic E-state index is -0.694. The first kappa shape index (κ1) is 58.0. The van der Waals surface area contributed by atoms with Gasteiger partial charge in [-0.1, -0.05) is 151 Å². The van der Waals surface area contributed by atoms with Crippen molar-refractivity contribution < 1.29 is 38.9 Å². The van der Waals surface area contributed by atoms with Crippen molar-refractivity contribution in [1.29, 1.82) is 0 Å². The highest BCUT2D eigenvalue weighted by atomic mass is 16.5. The van der Waals surface area contributed by atoms with Gasteiger partial charge in [0.1, 0.15) is 13.2 Å². The summed E-state index contributed by atoms with van der Waals surface area (Å²) in [6, 6.07) is 6.12. The number of nitrogens with zero attached hydrogens (tertiary/aromatic N) is 1. The smallest absolute Gasteiger partial charge is 0.306 e. The second-order valence-electron chi connectivity index (χ2n) is 17.8. The summed E-state index contributed by atoms with van der Waals surface area (Å²) in [4.78, 5) is 48.3. The number of esters is 2. The van der Waals surface area contributed by atoms with Gasteiger partial charge in [0.25, 0.3) is 0 Å². The Kier molecular flexibility index (Phi) is 38.9. The van der Waals surface area contributed by atoms with Crippen LogP contribution in [-0.2, 0) is 48.4 Å². The standard InChI is InChI=1S/C55H89NO8/c1-56(2)46-49-43-50(47-63-54(61)41-37-33-29-25-21-17-13-9-5-3-7-11-15-19-23-27-31-35-39-52(57)58)45-51(44-49)48-64-55(62)42-38-34-30-26-22-18-14-10-6-4-8-12-16-20-24-28-32-36-40-53(59)60/h5-12,43-45H,3-4,13-42,46-48H2,1-2H3,(H,57,58)(H,59,60). The lowest BCUT2D eigenvalue weighted by molar-refractivity contribution is -0.145. The number of carbonyl (C=O) groups excluding carboxylic acids is 2. The molecule has 2 N–H and O–H groups in total. The fourth-order valence-corrected chi connectivity index (χ4v) is 7.56. The van der Waals surface area contributed by atoms with Crippen LogP contribution in [0.25, 0.3) is 0 Å². The molecule has 9 heteroatoms. The first-order valence-corrected chi connectivity index (χ1v) is 25.3. The molecule has 0 saturated heterocycles. The highest BCUT2D eigenvalue weighted by molar-refractivity contribution is 5.69. The van der Waals surface area contributed by atoms with Crippen LogP contribution in [0.5, 0.6) is 0 Å². The Morgan fingerprint density at radius 1 is 0.406 bits per heavy atom. The molecule has 0 radical (unpaired) electrons. The van der Waals surface area contributed by atoms with E-state index in [0.717, 1.165) is 139 Å². The molecule has 0 bridgehead atoms. The average Bonchev–Trinajstić information content (AvgIpc) is 3.25. The van der Waals surface area contributed by atoms with Crippen LogP contribution in [0, 0.1) is 0 Å². The lowest BCUT2D eigenvalue weighted by Crippen LogP contribution is -2.12. The maximum Gasteiger partial charge on any atom is 0.306 e. The van der Waals surface area contributed by atoms with Gasteiger partial charge in [-0.2, -0.15) is 0 Å². The molecule has 1 aromatic rings.